The Hall–Kier alpha value is -0.250. The van der Waals surface area contributed by atoms with Gasteiger partial charge >= 0.3 is 0 Å². The lowest BCUT2D eigenvalue weighted by Crippen LogP contribution is -1.95. The van der Waals surface area contributed by atoms with Gasteiger partial charge in [0.15, 0.2) is 0 Å². The summed E-state index contributed by atoms with van der Waals surface area (Å²) in [6.45, 7) is 0. The molecule has 12 heavy (non-hydrogen) atoms. The lowest BCUT2D eigenvalue weighted by Gasteiger charge is -2.03. The van der Waals surface area contributed by atoms with Crippen LogP contribution in [0.25, 0.3) is 0 Å². The fourth-order valence-corrected chi connectivity index (χ4v) is 2.36. The van der Waals surface area contributed by atoms with E-state index >= 15 is 0 Å². The van der Waals surface area contributed by atoms with Crippen molar-refractivity contribution in [1.29, 1.82) is 4.78 Å². The Morgan fingerprint density at radius 2 is 2.00 bits per heavy atom. The first-order valence-corrected chi connectivity index (χ1v) is 5.82. The topological polar surface area (TPSA) is 40.9 Å². The van der Waals surface area contributed by atoms with Gasteiger partial charge in [-0.15, -0.1) is 0 Å². The molecule has 0 fully saturated rings. The molecule has 0 unspecified atom stereocenters. The molecule has 1 atom stereocenters. The van der Waals surface area contributed by atoms with Crippen LogP contribution in [-0.4, -0.2) is 10.5 Å². The third-order valence-corrected chi connectivity index (χ3v) is 3.17. The zero-order valence-corrected chi connectivity index (χ0v) is 8.63. The van der Waals surface area contributed by atoms with Crippen LogP contribution in [0.2, 0.25) is 10.0 Å². The Morgan fingerprint density at radius 3 is 2.42 bits per heavy atom. The lowest BCUT2D eigenvalue weighted by atomic mass is 10.4. The van der Waals surface area contributed by atoms with Gasteiger partial charge in [0.05, 0.1) is 19.6 Å². The van der Waals surface area contributed by atoms with Gasteiger partial charge in [-0.1, -0.05) is 23.2 Å². The highest BCUT2D eigenvalue weighted by Gasteiger charge is 2.08. The van der Waals surface area contributed by atoms with Crippen molar-refractivity contribution in [3.05, 3.63) is 28.2 Å². The minimum Gasteiger partial charge on any atom is -0.249 e. The zero-order chi connectivity index (χ0) is 9.35. The summed E-state index contributed by atoms with van der Waals surface area (Å²) in [7, 11) is -2.77. The largest absolute Gasteiger partial charge is 0.249 e. The van der Waals surface area contributed by atoms with Crippen LogP contribution in [0.15, 0.2) is 23.1 Å². The van der Waals surface area contributed by atoms with E-state index in [1.165, 1.54) is 18.4 Å². The molecule has 5 heteroatoms. The predicted molar refractivity (Wildman–Crippen MR) is 51.5 cm³/mol. The van der Waals surface area contributed by atoms with E-state index in [9.17, 15) is 4.21 Å². The van der Waals surface area contributed by atoms with E-state index in [1.807, 2.05) is 0 Å². The minimum atomic E-state index is -2.77. The molecule has 1 N–H and O–H groups in total. The van der Waals surface area contributed by atoms with Crippen molar-refractivity contribution in [2.75, 3.05) is 6.26 Å². The van der Waals surface area contributed by atoms with Gasteiger partial charge in [0.1, 0.15) is 0 Å². The van der Waals surface area contributed by atoms with E-state index in [1.54, 1.807) is 6.07 Å². The Morgan fingerprint density at radius 1 is 1.42 bits per heavy atom. The molecule has 66 valence electrons. The lowest BCUT2D eigenvalue weighted by molar-refractivity contribution is 0.679. The molecular weight excluding hydrogens is 217 g/mol. The highest BCUT2D eigenvalue weighted by atomic mass is 35.5. The average Bonchev–Trinajstić information content (AvgIpc) is 1.92. The fourth-order valence-electron chi connectivity index (χ4n) is 0.776. The van der Waals surface area contributed by atoms with Crippen LogP contribution in [0.3, 0.4) is 0 Å². The van der Waals surface area contributed by atoms with E-state index in [-0.39, 0.29) is 4.90 Å². The molecule has 0 amide bonds. The molecule has 0 bridgehead atoms. The standard InChI is InChI=1S/C7H7Cl2NOS/c1-12(10,11)7-4-5(8)2-3-6(7)9/h2-4,10H,1H3/t12-/m1/s1. The summed E-state index contributed by atoms with van der Waals surface area (Å²) < 4.78 is 18.6. The molecule has 0 aromatic heterocycles. The SMILES string of the molecule is C[S@@](=N)(=O)c1cc(Cl)ccc1Cl. The molecule has 0 aliphatic rings. The first-order valence-electron chi connectivity index (χ1n) is 3.10. The van der Waals surface area contributed by atoms with Crippen molar-refractivity contribution >= 4 is 32.9 Å². The van der Waals surface area contributed by atoms with Crippen molar-refractivity contribution < 1.29 is 4.21 Å². The van der Waals surface area contributed by atoms with Gasteiger partial charge in [-0.25, -0.2) is 8.99 Å². The molecule has 0 saturated heterocycles. The van der Waals surface area contributed by atoms with Crippen molar-refractivity contribution in [2.24, 2.45) is 0 Å². The molecule has 0 radical (unpaired) electrons. The van der Waals surface area contributed by atoms with Crippen LogP contribution in [0.5, 0.6) is 0 Å². The van der Waals surface area contributed by atoms with Crippen molar-refractivity contribution in [2.45, 2.75) is 4.90 Å². The minimum absolute atomic E-state index is 0.289. The molecule has 2 nitrogen and oxygen atoms in total. The van der Waals surface area contributed by atoms with Gasteiger partial charge in [-0.05, 0) is 18.2 Å². The molecule has 1 aromatic carbocycles. The van der Waals surface area contributed by atoms with Crippen LogP contribution in [0, 0.1) is 4.78 Å². The first-order chi connectivity index (χ1) is 5.41. The van der Waals surface area contributed by atoms with E-state index < -0.39 is 9.73 Å². The maximum Gasteiger partial charge on any atom is 0.0712 e. The summed E-state index contributed by atoms with van der Waals surface area (Å²) in [6.07, 6.45) is 1.31. The number of rotatable bonds is 1. The number of nitrogens with one attached hydrogen (secondary N) is 1. The summed E-state index contributed by atoms with van der Waals surface area (Å²) >= 11 is 11.4. The molecule has 1 rings (SSSR count). The second-order valence-electron chi connectivity index (χ2n) is 2.42. The number of hydrogen-bond acceptors (Lipinski definition) is 2. The van der Waals surface area contributed by atoms with Crippen LogP contribution in [0.1, 0.15) is 0 Å². The molecule has 0 spiro atoms. The average molecular weight is 224 g/mol. The van der Waals surface area contributed by atoms with Gasteiger partial charge < -0.3 is 0 Å². The third-order valence-electron chi connectivity index (χ3n) is 1.31. The molecule has 0 aliphatic heterocycles. The Labute approximate surface area is 81.5 Å². The van der Waals surface area contributed by atoms with E-state index in [0.29, 0.717) is 10.0 Å². The third kappa shape index (κ3) is 2.12. The number of benzene rings is 1. The highest BCUT2D eigenvalue weighted by Crippen LogP contribution is 2.24. The molecular formula is C7H7Cl2NOS. The fraction of sp³-hybridized carbons (Fsp3) is 0.143. The second-order valence-corrected chi connectivity index (χ2v) is 5.39. The summed E-state index contributed by atoms with van der Waals surface area (Å²) in [4.78, 5) is 0.289. The van der Waals surface area contributed by atoms with E-state index in [0.717, 1.165) is 0 Å². The maximum atomic E-state index is 11.3. The van der Waals surface area contributed by atoms with Crippen molar-refractivity contribution in [3.63, 3.8) is 0 Å². The van der Waals surface area contributed by atoms with Gasteiger partial charge in [-0.3, -0.25) is 0 Å². The molecule has 1 aromatic rings. The molecule has 0 saturated carbocycles. The van der Waals surface area contributed by atoms with Crippen molar-refractivity contribution in [3.8, 4) is 0 Å². The summed E-state index contributed by atoms with van der Waals surface area (Å²) in [6, 6.07) is 4.59. The van der Waals surface area contributed by atoms with Gasteiger partial charge in [-0.2, -0.15) is 0 Å². The van der Waals surface area contributed by atoms with Crippen molar-refractivity contribution in [1.82, 2.24) is 0 Å². The summed E-state index contributed by atoms with van der Waals surface area (Å²) in [5.74, 6) is 0. The highest BCUT2D eigenvalue weighted by molar-refractivity contribution is 7.91. The number of hydrogen-bond donors (Lipinski definition) is 1. The van der Waals surface area contributed by atoms with Crippen LogP contribution >= 0.6 is 23.2 Å². The summed E-state index contributed by atoms with van der Waals surface area (Å²) in [5.41, 5.74) is 0. The second kappa shape index (κ2) is 3.24. The quantitative estimate of drug-likeness (QED) is 0.782. The maximum absolute atomic E-state index is 11.3. The van der Waals surface area contributed by atoms with Crippen LogP contribution in [-0.2, 0) is 9.73 Å². The predicted octanol–water partition coefficient (Wildman–Crippen LogP) is 3.03. The Bertz CT molecular complexity index is 400. The molecule has 0 heterocycles. The zero-order valence-electron chi connectivity index (χ0n) is 6.30. The Kier molecular flexibility index (Phi) is 2.66. The van der Waals surface area contributed by atoms with Gasteiger partial charge in [0, 0.05) is 11.3 Å². The Balaban J connectivity index is 3.43. The normalized spacial score (nSPS) is 15.6. The van der Waals surface area contributed by atoms with Gasteiger partial charge in [0.2, 0.25) is 0 Å². The number of halogens is 2. The first kappa shape index (κ1) is 9.84. The van der Waals surface area contributed by atoms with Crippen LogP contribution < -0.4 is 0 Å². The van der Waals surface area contributed by atoms with Gasteiger partial charge in [0.25, 0.3) is 0 Å². The monoisotopic (exact) mass is 223 g/mol. The smallest absolute Gasteiger partial charge is 0.0712 e. The van der Waals surface area contributed by atoms with E-state index in [4.69, 9.17) is 28.0 Å². The van der Waals surface area contributed by atoms with E-state index in [2.05, 4.69) is 0 Å². The van der Waals surface area contributed by atoms with Crippen LogP contribution in [0.4, 0.5) is 0 Å². The summed E-state index contributed by atoms with van der Waals surface area (Å²) in [5, 5.41) is 0.762. The molecule has 0 aliphatic carbocycles.